The molecule has 0 aromatic carbocycles. The van der Waals surface area contributed by atoms with Gasteiger partial charge in [0.05, 0.1) is 6.54 Å². The summed E-state index contributed by atoms with van der Waals surface area (Å²) >= 11 is 0. The molecule has 0 amide bonds. The summed E-state index contributed by atoms with van der Waals surface area (Å²) in [7, 11) is 1.49. The van der Waals surface area contributed by atoms with E-state index < -0.39 is 11.8 Å². The Morgan fingerprint density at radius 3 is 2.65 bits per heavy atom. The van der Waals surface area contributed by atoms with Gasteiger partial charge in [0.15, 0.2) is 5.60 Å². The Hall–Kier alpha value is -1.35. The SMILES string of the molecule is Cn1nc(CN2CCCC(O)(C(F)(F)F)CC2)[nH]c1=O. The van der Waals surface area contributed by atoms with E-state index in [4.69, 9.17) is 0 Å². The summed E-state index contributed by atoms with van der Waals surface area (Å²) in [5, 5.41) is 13.6. The van der Waals surface area contributed by atoms with E-state index >= 15 is 0 Å². The smallest absolute Gasteiger partial charge is 0.380 e. The summed E-state index contributed by atoms with van der Waals surface area (Å²) in [6, 6.07) is 0. The number of H-pyrrole nitrogens is 1. The summed E-state index contributed by atoms with van der Waals surface area (Å²) < 4.78 is 39.5. The molecular weight excluding hydrogens is 277 g/mol. The van der Waals surface area contributed by atoms with E-state index in [0.29, 0.717) is 12.4 Å². The van der Waals surface area contributed by atoms with Crippen molar-refractivity contribution in [2.75, 3.05) is 13.1 Å². The first kappa shape index (κ1) is 15.0. The van der Waals surface area contributed by atoms with Crippen molar-refractivity contribution in [3.8, 4) is 0 Å². The molecule has 1 aliphatic rings. The molecule has 1 atom stereocenters. The molecule has 9 heteroatoms. The van der Waals surface area contributed by atoms with E-state index in [-0.39, 0.29) is 38.0 Å². The van der Waals surface area contributed by atoms with Crippen molar-refractivity contribution in [2.45, 2.75) is 37.6 Å². The maximum atomic E-state index is 12.8. The highest BCUT2D eigenvalue weighted by molar-refractivity contribution is 4.91. The second-order valence-corrected chi connectivity index (χ2v) is 5.16. The van der Waals surface area contributed by atoms with Crippen LogP contribution in [0.2, 0.25) is 0 Å². The van der Waals surface area contributed by atoms with Gasteiger partial charge in [-0.25, -0.2) is 9.48 Å². The molecule has 1 aliphatic heterocycles. The number of hydrogen-bond acceptors (Lipinski definition) is 4. The van der Waals surface area contributed by atoms with Gasteiger partial charge in [-0.2, -0.15) is 18.3 Å². The van der Waals surface area contributed by atoms with Gasteiger partial charge in [-0.1, -0.05) is 0 Å². The number of aromatic amines is 1. The van der Waals surface area contributed by atoms with Gasteiger partial charge in [-0.05, 0) is 25.8 Å². The van der Waals surface area contributed by atoms with E-state index in [1.807, 2.05) is 0 Å². The topological polar surface area (TPSA) is 74.2 Å². The molecule has 0 bridgehead atoms. The lowest BCUT2D eigenvalue weighted by molar-refractivity contribution is -0.263. The first-order valence-corrected chi connectivity index (χ1v) is 6.35. The number of aryl methyl sites for hydroxylation is 1. The number of nitrogens with one attached hydrogen (secondary N) is 1. The molecule has 0 aliphatic carbocycles. The van der Waals surface area contributed by atoms with Crippen LogP contribution in [-0.4, -0.2) is 49.6 Å². The van der Waals surface area contributed by atoms with Crippen molar-refractivity contribution >= 4 is 0 Å². The molecule has 1 unspecified atom stereocenters. The monoisotopic (exact) mass is 294 g/mol. The standard InChI is InChI=1S/C11H17F3N4O2/c1-17-9(19)15-8(16-17)7-18-5-2-3-10(20,4-6-18)11(12,13)14/h20H,2-7H2,1H3,(H,15,16,19). The summed E-state index contributed by atoms with van der Waals surface area (Å²) in [4.78, 5) is 15.5. The fraction of sp³-hybridized carbons (Fsp3) is 0.818. The molecule has 2 rings (SSSR count). The highest BCUT2D eigenvalue weighted by atomic mass is 19.4. The van der Waals surface area contributed by atoms with Crippen LogP contribution in [0.25, 0.3) is 0 Å². The number of rotatable bonds is 2. The number of alkyl halides is 3. The lowest BCUT2D eigenvalue weighted by atomic mass is 9.94. The van der Waals surface area contributed by atoms with Gasteiger partial charge in [-0.3, -0.25) is 9.88 Å². The first-order chi connectivity index (χ1) is 9.21. The molecule has 0 saturated carbocycles. The van der Waals surface area contributed by atoms with Crippen LogP contribution in [-0.2, 0) is 13.6 Å². The molecule has 1 saturated heterocycles. The molecule has 2 heterocycles. The molecular formula is C11H17F3N4O2. The van der Waals surface area contributed by atoms with E-state index in [1.54, 1.807) is 4.90 Å². The Kier molecular flexibility index (Phi) is 3.92. The van der Waals surface area contributed by atoms with Crippen molar-refractivity contribution in [1.29, 1.82) is 0 Å². The predicted molar refractivity (Wildman–Crippen MR) is 64.0 cm³/mol. The number of aromatic nitrogens is 3. The lowest BCUT2D eigenvalue weighted by Crippen LogP contribution is -2.45. The predicted octanol–water partition coefficient (Wildman–Crippen LogP) is 0.388. The quantitative estimate of drug-likeness (QED) is 0.827. The van der Waals surface area contributed by atoms with Crippen molar-refractivity contribution in [1.82, 2.24) is 19.7 Å². The van der Waals surface area contributed by atoms with Crippen LogP contribution in [0, 0.1) is 0 Å². The zero-order valence-electron chi connectivity index (χ0n) is 11.1. The molecule has 6 nitrogen and oxygen atoms in total. The van der Waals surface area contributed by atoms with Crippen LogP contribution in [0.4, 0.5) is 13.2 Å². The molecule has 1 aromatic rings. The van der Waals surface area contributed by atoms with Gasteiger partial charge >= 0.3 is 11.9 Å². The second-order valence-electron chi connectivity index (χ2n) is 5.16. The van der Waals surface area contributed by atoms with Crippen molar-refractivity contribution in [2.24, 2.45) is 7.05 Å². The third-order valence-electron chi connectivity index (χ3n) is 3.62. The van der Waals surface area contributed by atoms with Crippen LogP contribution < -0.4 is 5.69 Å². The molecule has 1 aromatic heterocycles. The van der Waals surface area contributed by atoms with E-state index in [9.17, 15) is 23.1 Å². The van der Waals surface area contributed by atoms with E-state index in [1.165, 1.54) is 7.05 Å². The van der Waals surface area contributed by atoms with Crippen molar-refractivity contribution in [3.63, 3.8) is 0 Å². The fourth-order valence-electron chi connectivity index (χ4n) is 2.36. The van der Waals surface area contributed by atoms with Gasteiger partial charge < -0.3 is 5.11 Å². The minimum atomic E-state index is -4.61. The van der Waals surface area contributed by atoms with Crippen molar-refractivity contribution in [3.05, 3.63) is 16.3 Å². The summed E-state index contributed by atoms with van der Waals surface area (Å²) in [5.74, 6) is 0.412. The van der Waals surface area contributed by atoms with Crippen LogP contribution in [0.3, 0.4) is 0 Å². The number of halogens is 3. The normalized spacial score (nSPS) is 25.6. The Bertz CT molecular complexity index is 524. The largest absolute Gasteiger partial charge is 0.417 e. The molecule has 1 fully saturated rings. The van der Waals surface area contributed by atoms with Crippen LogP contribution >= 0.6 is 0 Å². The maximum absolute atomic E-state index is 12.8. The number of nitrogens with zero attached hydrogens (tertiary/aromatic N) is 3. The van der Waals surface area contributed by atoms with Crippen LogP contribution in [0.1, 0.15) is 25.1 Å². The zero-order chi connectivity index (χ0) is 15.0. The van der Waals surface area contributed by atoms with E-state index in [0.717, 1.165) is 4.68 Å². The minimum absolute atomic E-state index is 0.106. The summed E-state index contributed by atoms with van der Waals surface area (Å²) in [6.45, 7) is 0.801. The third-order valence-corrected chi connectivity index (χ3v) is 3.62. The Morgan fingerprint density at radius 1 is 1.40 bits per heavy atom. The van der Waals surface area contributed by atoms with Gasteiger partial charge in [0.2, 0.25) is 0 Å². The lowest BCUT2D eigenvalue weighted by Gasteiger charge is -2.29. The Balaban J connectivity index is 2.01. The molecule has 20 heavy (non-hydrogen) atoms. The Labute approximate surface area is 113 Å². The number of hydrogen-bond donors (Lipinski definition) is 2. The summed E-state index contributed by atoms with van der Waals surface area (Å²) in [6.07, 6.45) is -5.03. The number of aliphatic hydroxyl groups is 1. The maximum Gasteiger partial charge on any atom is 0.417 e. The highest BCUT2D eigenvalue weighted by Gasteiger charge is 2.53. The number of likely N-dealkylation sites (tertiary alicyclic amines) is 1. The average Bonchev–Trinajstić information content (AvgIpc) is 2.53. The highest BCUT2D eigenvalue weighted by Crippen LogP contribution is 2.38. The molecule has 114 valence electrons. The summed E-state index contributed by atoms with van der Waals surface area (Å²) in [5.41, 5.74) is -2.97. The van der Waals surface area contributed by atoms with Crippen LogP contribution in [0.5, 0.6) is 0 Å². The minimum Gasteiger partial charge on any atom is -0.380 e. The first-order valence-electron chi connectivity index (χ1n) is 6.35. The molecule has 0 spiro atoms. The van der Waals surface area contributed by atoms with E-state index in [2.05, 4.69) is 10.1 Å². The zero-order valence-corrected chi connectivity index (χ0v) is 11.1. The average molecular weight is 294 g/mol. The molecule has 0 radical (unpaired) electrons. The van der Waals surface area contributed by atoms with Gasteiger partial charge in [0.1, 0.15) is 5.82 Å². The molecule has 2 N–H and O–H groups in total. The van der Waals surface area contributed by atoms with Gasteiger partial charge in [-0.15, -0.1) is 0 Å². The fourth-order valence-corrected chi connectivity index (χ4v) is 2.36. The van der Waals surface area contributed by atoms with Crippen molar-refractivity contribution < 1.29 is 18.3 Å². The second kappa shape index (κ2) is 5.21. The van der Waals surface area contributed by atoms with Gasteiger partial charge in [0, 0.05) is 13.6 Å². The van der Waals surface area contributed by atoms with Gasteiger partial charge in [0.25, 0.3) is 0 Å². The van der Waals surface area contributed by atoms with Crippen LogP contribution in [0.15, 0.2) is 4.79 Å². The third kappa shape index (κ3) is 3.04. The Morgan fingerprint density at radius 2 is 2.10 bits per heavy atom.